The first-order valence-electron chi connectivity index (χ1n) is 9.89. The zero-order valence-corrected chi connectivity index (χ0v) is 17.2. The van der Waals surface area contributed by atoms with Gasteiger partial charge < -0.3 is 4.74 Å². The van der Waals surface area contributed by atoms with Gasteiger partial charge >= 0.3 is 5.97 Å². The number of hydrogen-bond acceptors (Lipinski definition) is 3. The SMILES string of the molecule is CC(C)(C)C[C@H](CCC(=O)OC1/C=C/CCCCC1)C(=O)C(C)(C)C. The third kappa shape index (κ3) is 9.23. The van der Waals surface area contributed by atoms with E-state index in [1.54, 1.807) is 0 Å². The number of ketones is 1. The Balaban J connectivity index is 2.60. The fourth-order valence-electron chi connectivity index (χ4n) is 3.42. The topological polar surface area (TPSA) is 43.4 Å². The summed E-state index contributed by atoms with van der Waals surface area (Å²) in [4.78, 5) is 25.0. The van der Waals surface area contributed by atoms with Gasteiger partial charge in [-0.3, -0.25) is 9.59 Å². The van der Waals surface area contributed by atoms with Crippen molar-refractivity contribution < 1.29 is 14.3 Å². The van der Waals surface area contributed by atoms with Gasteiger partial charge in [-0.15, -0.1) is 0 Å². The summed E-state index contributed by atoms with van der Waals surface area (Å²) in [5, 5.41) is 0. The Morgan fingerprint density at radius 3 is 2.36 bits per heavy atom. The van der Waals surface area contributed by atoms with Crippen LogP contribution < -0.4 is 0 Å². The second kappa shape index (κ2) is 9.54. The fraction of sp³-hybridized carbons (Fsp3) is 0.818. The number of Topliss-reactive ketones (excluding diaryl/α,β-unsaturated/α-hetero) is 1. The highest BCUT2D eigenvalue weighted by Crippen LogP contribution is 2.33. The van der Waals surface area contributed by atoms with Crippen LogP contribution in [0.2, 0.25) is 0 Å². The maximum absolute atomic E-state index is 12.8. The number of carbonyl (C=O) groups excluding carboxylic acids is 2. The van der Waals surface area contributed by atoms with E-state index in [0.717, 1.165) is 25.7 Å². The predicted octanol–water partition coefficient (Wildman–Crippen LogP) is 5.87. The summed E-state index contributed by atoms with van der Waals surface area (Å²) in [6.45, 7) is 12.3. The number of esters is 1. The van der Waals surface area contributed by atoms with Crippen molar-refractivity contribution in [2.75, 3.05) is 0 Å². The molecule has 144 valence electrons. The van der Waals surface area contributed by atoms with Gasteiger partial charge in [0.2, 0.25) is 0 Å². The first-order chi connectivity index (χ1) is 11.5. The average molecular weight is 351 g/mol. The minimum absolute atomic E-state index is 0.0672. The van der Waals surface area contributed by atoms with E-state index in [1.165, 1.54) is 12.8 Å². The monoisotopic (exact) mass is 350 g/mol. The van der Waals surface area contributed by atoms with E-state index in [-0.39, 0.29) is 34.6 Å². The Bertz CT molecular complexity index is 463. The summed E-state index contributed by atoms with van der Waals surface area (Å²) in [6.07, 6.45) is 11.3. The van der Waals surface area contributed by atoms with Gasteiger partial charge in [0.25, 0.3) is 0 Å². The molecule has 1 aliphatic rings. The van der Waals surface area contributed by atoms with Crippen LogP contribution in [0.3, 0.4) is 0 Å². The van der Waals surface area contributed by atoms with Gasteiger partial charge in [-0.1, -0.05) is 54.0 Å². The van der Waals surface area contributed by atoms with Crippen LogP contribution in [0.5, 0.6) is 0 Å². The van der Waals surface area contributed by atoms with Gasteiger partial charge in [0, 0.05) is 17.8 Å². The van der Waals surface area contributed by atoms with Crippen molar-refractivity contribution in [1.29, 1.82) is 0 Å². The molecule has 0 radical (unpaired) electrons. The number of ether oxygens (including phenoxy) is 1. The number of carbonyl (C=O) groups is 2. The Kier molecular flexibility index (Phi) is 8.37. The van der Waals surface area contributed by atoms with Crippen LogP contribution in [0.4, 0.5) is 0 Å². The summed E-state index contributed by atoms with van der Waals surface area (Å²) in [7, 11) is 0. The Morgan fingerprint density at radius 2 is 1.76 bits per heavy atom. The smallest absolute Gasteiger partial charge is 0.306 e. The normalized spacial score (nSPS) is 21.8. The molecule has 0 aromatic rings. The molecule has 0 saturated heterocycles. The lowest BCUT2D eigenvalue weighted by molar-refractivity contribution is -0.148. The van der Waals surface area contributed by atoms with Crippen LogP contribution in [-0.2, 0) is 14.3 Å². The van der Waals surface area contributed by atoms with Gasteiger partial charge in [-0.25, -0.2) is 0 Å². The maximum Gasteiger partial charge on any atom is 0.306 e. The van der Waals surface area contributed by atoms with Gasteiger partial charge in [0.05, 0.1) is 0 Å². The zero-order valence-electron chi connectivity index (χ0n) is 17.2. The van der Waals surface area contributed by atoms with Crippen LogP contribution in [0.1, 0.15) is 92.9 Å². The summed E-state index contributed by atoms with van der Waals surface area (Å²) in [5.41, 5.74) is -0.306. The molecule has 0 fully saturated rings. The quantitative estimate of drug-likeness (QED) is 0.444. The lowest BCUT2D eigenvalue weighted by Crippen LogP contribution is -2.31. The highest BCUT2D eigenvalue weighted by atomic mass is 16.5. The van der Waals surface area contributed by atoms with Crippen LogP contribution in [0, 0.1) is 16.7 Å². The first kappa shape index (κ1) is 21.9. The molecule has 1 unspecified atom stereocenters. The van der Waals surface area contributed by atoms with E-state index in [9.17, 15) is 9.59 Å². The van der Waals surface area contributed by atoms with E-state index in [1.807, 2.05) is 26.8 Å². The van der Waals surface area contributed by atoms with Crippen molar-refractivity contribution >= 4 is 11.8 Å². The Labute approximate surface area is 154 Å². The molecule has 25 heavy (non-hydrogen) atoms. The minimum atomic E-state index is -0.373. The van der Waals surface area contributed by atoms with E-state index in [0.29, 0.717) is 12.8 Å². The Hall–Kier alpha value is -1.12. The van der Waals surface area contributed by atoms with Crippen molar-refractivity contribution in [3.8, 4) is 0 Å². The summed E-state index contributed by atoms with van der Waals surface area (Å²) in [6, 6.07) is 0. The van der Waals surface area contributed by atoms with Crippen LogP contribution in [-0.4, -0.2) is 17.9 Å². The second-order valence-electron chi connectivity index (χ2n) is 9.71. The van der Waals surface area contributed by atoms with Crippen molar-refractivity contribution in [1.82, 2.24) is 0 Å². The molecule has 1 rings (SSSR count). The summed E-state index contributed by atoms with van der Waals surface area (Å²) >= 11 is 0. The molecule has 1 aliphatic carbocycles. The van der Waals surface area contributed by atoms with Crippen molar-refractivity contribution in [3.05, 3.63) is 12.2 Å². The predicted molar refractivity (Wildman–Crippen MR) is 103 cm³/mol. The third-order valence-corrected chi connectivity index (χ3v) is 4.66. The van der Waals surface area contributed by atoms with E-state index in [4.69, 9.17) is 4.74 Å². The molecule has 0 amide bonds. The lowest BCUT2D eigenvalue weighted by Gasteiger charge is -2.30. The van der Waals surface area contributed by atoms with Gasteiger partial charge in [0.15, 0.2) is 0 Å². The fourth-order valence-corrected chi connectivity index (χ4v) is 3.42. The summed E-state index contributed by atoms with van der Waals surface area (Å²) in [5.74, 6) is -0.00246. The molecule has 0 saturated carbocycles. The molecule has 0 spiro atoms. The van der Waals surface area contributed by atoms with Gasteiger partial charge in [-0.05, 0) is 50.0 Å². The van der Waals surface area contributed by atoms with Crippen LogP contribution >= 0.6 is 0 Å². The van der Waals surface area contributed by atoms with Gasteiger partial charge in [0.1, 0.15) is 11.9 Å². The number of hydrogen-bond donors (Lipinski definition) is 0. The third-order valence-electron chi connectivity index (χ3n) is 4.66. The van der Waals surface area contributed by atoms with E-state index >= 15 is 0 Å². The molecule has 0 aromatic heterocycles. The zero-order chi connectivity index (χ0) is 19.1. The lowest BCUT2D eigenvalue weighted by atomic mass is 9.74. The molecule has 0 bridgehead atoms. The molecular formula is C22H38O3. The Morgan fingerprint density at radius 1 is 1.08 bits per heavy atom. The molecule has 0 N–H and O–H groups in total. The highest BCUT2D eigenvalue weighted by Gasteiger charge is 2.32. The number of allylic oxidation sites excluding steroid dienone is 1. The largest absolute Gasteiger partial charge is 0.458 e. The maximum atomic E-state index is 12.8. The van der Waals surface area contributed by atoms with Crippen LogP contribution in [0.25, 0.3) is 0 Å². The van der Waals surface area contributed by atoms with Crippen molar-refractivity contribution in [2.24, 2.45) is 16.7 Å². The molecule has 0 aromatic carbocycles. The standard InChI is InChI=1S/C22H38O3/c1-21(2,3)16-17(20(24)22(4,5)6)14-15-19(23)25-18-12-10-8-7-9-11-13-18/h10,12,17-18H,7-9,11,13-16H2,1-6H3/b12-10+/t17-,18?/m0/s1. The highest BCUT2D eigenvalue weighted by molar-refractivity contribution is 5.86. The number of rotatable bonds is 6. The van der Waals surface area contributed by atoms with Crippen molar-refractivity contribution in [2.45, 2.75) is 99.0 Å². The second-order valence-corrected chi connectivity index (χ2v) is 9.71. The minimum Gasteiger partial charge on any atom is -0.458 e. The average Bonchev–Trinajstić information content (AvgIpc) is 2.43. The van der Waals surface area contributed by atoms with Gasteiger partial charge in [-0.2, -0.15) is 0 Å². The molecule has 3 heteroatoms. The summed E-state index contributed by atoms with van der Waals surface area (Å²) < 4.78 is 5.64. The van der Waals surface area contributed by atoms with Crippen LogP contribution in [0.15, 0.2) is 12.2 Å². The molecule has 0 heterocycles. The first-order valence-corrected chi connectivity index (χ1v) is 9.89. The molecule has 3 nitrogen and oxygen atoms in total. The molecule has 2 atom stereocenters. The van der Waals surface area contributed by atoms with Crippen molar-refractivity contribution in [3.63, 3.8) is 0 Å². The molecule has 0 aliphatic heterocycles. The van der Waals surface area contributed by atoms with E-state index in [2.05, 4.69) is 26.8 Å². The van der Waals surface area contributed by atoms with E-state index < -0.39 is 0 Å². The molecular weight excluding hydrogens is 312 g/mol.